The first-order valence-corrected chi connectivity index (χ1v) is 9.22. The zero-order valence-electron chi connectivity index (χ0n) is 6.70. The molecule has 0 unspecified atom stereocenters. The zero-order valence-corrected chi connectivity index (χ0v) is 8.80. The molecule has 0 aromatic carbocycles. The van der Waals surface area contributed by atoms with Gasteiger partial charge >= 0.3 is 61.0 Å². The van der Waals surface area contributed by atoms with Gasteiger partial charge in [0, 0.05) is 0 Å². The fraction of sp³-hybridized carbons (Fsp3) is 0.750. The van der Waals surface area contributed by atoms with Gasteiger partial charge in [-0.05, 0) is 0 Å². The molecule has 0 rings (SSSR count). The van der Waals surface area contributed by atoms with E-state index < -0.39 is 13.3 Å². The Bertz CT molecular complexity index is 98.0. The van der Waals surface area contributed by atoms with Gasteiger partial charge in [0.25, 0.3) is 0 Å². The van der Waals surface area contributed by atoms with Crippen molar-refractivity contribution in [2.75, 3.05) is 0 Å². The van der Waals surface area contributed by atoms with Crippen LogP contribution in [0.15, 0.2) is 0 Å². The van der Waals surface area contributed by atoms with Crippen LogP contribution in [0.2, 0.25) is 15.8 Å². The van der Waals surface area contributed by atoms with E-state index in [1.165, 1.54) is 15.8 Å². The molecule has 0 aromatic rings. The second-order valence-corrected chi connectivity index (χ2v) is 12.9. The van der Waals surface area contributed by atoms with E-state index in [-0.39, 0.29) is 0 Å². The molecule has 0 aliphatic carbocycles. The minimum atomic E-state index is -1.64. The van der Waals surface area contributed by atoms with Gasteiger partial charge in [-0.3, -0.25) is 0 Å². The molecule has 0 aromatic heterocycles. The summed E-state index contributed by atoms with van der Waals surface area (Å²) in [6, 6.07) is 0. The van der Waals surface area contributed by atoms with Gasteiger partial charge in [-0.2, -0.15) is 0 Å². The Morgan fingerprint density at radius 3 is 1.44 bits per heavy atom. The molecule has 0 N–H and O–H groups in total. The van der Waals surface area contributed by atoms with Gasteiger partial charge in [0.05, 0.1) is 0 Å². The number of terminal acetylenes is 1. The predicted octanol–water partition coefficient (Wildman–Crippen LogP) is 2.67. The van der Waals surface area contributed by atoms with Crippen molar-refractivity contribution in [3.8, 4) is 11.2 Å². The van der Waals surface area contributed by atoms with E-state index >= 15 is 0 Å². The van der Waals surface area contributed by atoms with Gasteiger partial charge in [-0.1, -0.05) is 0 Å². The molecule has 0 amide bonds. The van der Waals surface area contributed by atoms with Crippen molar-refractivity contribution in [3.63, 3.8) is 0 Å². The Hall–Kier alpha value is 0.103. The minimum absolute atomic E-state index is 1.30. The van der Waals surface area contributed by atoms with Crippen molar-refractivity contribution in [2.45, 2.75) is 36.5 Å². The first-order chi connectivity index (χ1) is 4.24. The van der Waals surface area contributed by atoms with Crippen LogP contribution in [0.5, 0.6) is 0 Å². The van der Waals surface area contributed by atoms with Crippen LogP contribution in [0.1, 0.15) is 20.8 Å². The molecular weight excluding hydrogens is 169 g/mol. The maximum atomic E-state index is 5.47. The second kappa shape index (κ2) is 4.01. The van der Waals surface area contributed by atoms with Crippen LogP contribution >= 0.6 is 0 Å². The predicted molar refractivity (Wildman–Crippen MR) is 46.0 cm³/mol. The third-order valence-corrected chi connectivity index (χ3v) is 12.1. The zero-order chi connectivity index (χ0) is 7.33. The standard InChI is InChI=1S/C8H16Ge/c1-5-9(6-2,7-3)8-4/h1H,6-8H2,2-4H3. The fourth-order valence-electron chi connectivity index (χ4n) is 1.06. The summed E-state index contributed by atoms with van der Waals surface area (Å²) in [7, 11) is 0. The van der Waals surface area contributed by atoms with Crippen molar-refractivity contribution in [1.82, 2.24) is 0 Å². The molecule has 0 aliphatic heterocycles. The van der Waals surface area contributed by atoms with Crippen molar-refractivity contribution in [2.24, 2.45) is 0 Å². The van der Waals surface area contributed by atoms with Crippen LogP contribution in [0, 0.1) is 11.2 Å². The van der Waals surface area contributed by atoms with Gasteiger partial charge in [0.1, 0.15) is 0 Å². The molecule has 0 spiro atoms. The summed E-state index contributed by atoms with van der Waals surface area (Å²) in [5.41, 5.74) is 0. The molecule has 0 saturated carbocycles. The van der Waals surface area contributed by atoms with Crippen molar-refractivity contribution in [3.05, 3.63) is 0 Å². The maximum absolute atomic E-state index is 5.47. The summed E-state index contributed by atoms with van der Waals surface area (Å²) < 4.78 is 3.05. The van der Waals surface area contributed by atoms with E-state index in [9.17, 15) is 0 Å². The Kier molecular flexibility index (Phi) is 4.05. The molecule has 0 bridgehead atoms. The van der Waals surface area contributed by atoms with Gasteiger partial charge in [0.2, 0.25) is 0 Å². The van der Waals surface area contributed by atoms with Crippen LogP contribution in [-0.2, 0) is 0 Å². The van der Waals surface area contributed by atoms with Gasteiger partial charge in [-0.15, -0.1) is 0 Å². The van der Waals surface area contributed by atoms with E-state index in [4.69, 9.17) is 6.42 Å². The molecule has 0 saturated heterocycles. The molecule has 9 heavy (non-hydrogen) atoms. The van der Waals surface area contributed by atoms with E-state index in [1.807, 2.05) is 0 Å². The molecule has 52 valence electrons. The van der Waals surface area contributed by atoms with Crippen LogP contribution in [0.25, 0.3) is 0 Å². The monoisotopic (exact) mass is 186 g/mol. The van der Waals surface area contributed by atoms with E-state index in [0.29, 0.717) is 0 Å². The third kappa shape index (κ3) is 2.06. The molecule has 0 aliphatic rings. The number of hydrogen-bond acceptors (Lipinski definition) is 0. The van der Waals surface area contributed by atoms with Gasteiger partial charge < -0.3 is 0 Å². The Labute approximate surface area is 61.4 Å². The van der Waals surface area contributed by atoms with Crippen LogP contribution in [0.3, 0.4) is 0 Å². The van der Waals surface area contributed by atoms with Crippen molar-refractivity contribution >= 4 is 13.3 Å². The molecule has 0 fully saturated rings. The normalized spacial score (nSPS) is 10.9. The summed E-state index contributed by atoms with van der Waals surface area (Å²) in [5.74, 6) is 0. The topological polar surface area (TPSA) is 0 Å². The Morgan fingerprint density at radius 2 is 1.44 bits per heavy atom. The first-order valence-electron chi connectivity index (χ1n) is 3.72. The summed E-state index contributed by atoms with van der Waals surface area (Å²) in [6.07, 6.45) is 5.47. The summed E-state index contributed by atoms with van der Waals surface area (Å²) in [6.45, 7) is 6.73. The quantitative estimate of drug-likeness (QED) is 0.468. The van der Waals surface area contributed by atoms with Gasteiger partial charge in [0.15, 0.2) is 0 Å². The van der Waals surface area contributed by atoms with Crippen LogP contribution in [-0.4, -0.2) is 13.3 Å². The SMILES string of the molecule is C#[C][Ge]([CH2]C)([CH2]C)[CH2]C. The third-order valence-electron chi connectivity index (χ3n) is 2.34. The molecule has 1 heteroatoms. The average Bonchev–Trinajstić information content (AvgIpc) is 1.95. The van der Waals surface area contributed by atoms with E-state index in [2.05, 4.69) is 25.5 Å². The van der Waals surface area contributed by atoms with Crippen molar-refractivity contribution in [1.29, 1.82) is 0 Å². The van der Waals surface area contributed by atoms with E-state index in [1.54, 1.807) is 0 Å². The fourth-order valence-corrected chi connectivity index (χ4v) is 5.49. The number of hydrogen-bond donors (Lipinski definition) is 0. The van der Waals surface area contributed by atoms with Crippen LogP contribution < -0.4 is 0 Å². The summed E-state index contributed by atoms with van der Waals surface area (Å²) >= 11 is -1.64. The molecule has 0 heterocycles. The van der Waals surface area contributed by atoms with E-state index in [0.717, 1.165) is 0 Å². The Balaban J connectivity index is 4.04. The van der Waals surface area contributed by atoms with Gasteiger partial charge in [-0.25, -0.2) is 0 Å². The summed E-state index contributed by atoms with van der Waals surface area (Å²) in [4.78, 5) is 0. The molecular formula is C8H16Ge. The van der Waals surface area contributed by atoms with Crippen LogP contribution in [0.4, 0.5) is 0 Å². The number of rotatable bonds is 3. The summed E-state index contributed by atoms with van der Waals surface area (Å²) in [5, 5.41) is 3.89. The Morgan fingerprint density at radius 1 is 1.11 bits per heavy atom. The second-order valence-electron chi connectivity index (χ2n) is 2.49. The average molecular weight is 185 g/mol. The molecule has 0 nitrogen and oxygen atoms in total. The molecule has 0 radical (unpaired) electrons. The first kappa shape index (κ1) is 9.10. The molecule has 0 atom stereocenters. The van der Waals surface area contributed by atoms with Crippen molar-refractivity contribution < 1.29 is 0 Å².